The molecule has 0 saturated carbocycles. The molecule has 18 heavy (non-hydrogen) atoms. The van der Waals surface area contributed by atoms with Gasteiger partial charge in [0.1, 0.15) is 5.82 Å². The third-order valence-electron chi connectivity index (χ3n) is 3.11. The smallest absolute Gasteiger partial charge is 0.303 e. The van der Waals surface area contributed by atoms with Crippen LogP contribution < -0.4 is 5.32 Å². The Hall–Kier alpha value is -1.36. The summed E-state index contributed by atoms with van der Waals surface area (Å²) < 4.78 is 2.02. The highest BCUT2D eigenvalue weighted by Gasteiger charge is 2.05. The van der Waals surface area contributed by atoms with Gasteiger partial charge in [0.2, 0.25) is 0 Å². The highest BCUT2D eigenvalue weighted by Crippen LogP contribution is 2.09. The Bertz CT molecular complexity index is 363. The Morgan fingerprint density at radius 1 is 1.50 bits per heavy atom. The van der Waals surface area contributed by atoms with E-state index in [1.54, 1.807) is 0 Å². The molecule has 5 heteroatoms. The predicted molar refractivity (Wildman–Crippen MR) is 70.4 cm³/mol. The van der Waals surface area contributed by atoms with Gasteiger partial charge < -0.3 is 15.0 Å². The normalized spacial score (nSPS) is 12.6. The van der Waals surface area contributed by atoms with E-state index in [9.17, 15) is 4.79 Å². The third-order valence-corrected chi connectivity index (χ3v) is 3.11. The van der Waals surface area contributed by atoms with Crippen molar-refractivity contribution < 1.29 is 9.90 Å². The van der Waals surface area contributed by atoms with Crippen LogP contribution in [-0.4, -0.2) is 33.7 Å². The molecule has 1 rings (SSSR count). The average molecular weight is 253 g/mol. The summed E-state index contributed by atoms with van der Waals surface area (Å²) in [5, 5.41) is 11.9. The van der Waals surface area contributed by atoms with E-state index in [1.165, 1.54) is 0 Å². The van der Waals surface area contributed by atoms with Crippen molar-refractivity contribution in [3.63, 3.8) is 0 Å². The van der Waals surface area contributed by atoms with Crippen molar-refractivity contribution in [3.8, 4) is 0 Å². The number of nitrogens with one attached hydrogen (secondary N) is 1. The van der Waals surface area contributed by atoms with E-state index in [1.807, 2.05) is 24.0 Å². The molecular weight excluding hydrogens is 230 g/mol. The fourth-order valence-corrected chi connectivity index (χ4v) is 1.83. The van der Waals surface area contributed by atoms with Crippen molar-refractivity contribution in [3.05, 3.63) is 18.2 Å². The van der Waals surface area contributed by atoms with Crippen molar-refractivity contribution in [2.75, 3.05) is 13.1 Å². The molecule has 5 nitrogen and oxygen atoms in total. The van der Waals surface area contributed by atoms with E-state index < -0.39 is 5.97 Å². The maximum atomic E-state index is 10.4. The molecular formula is C13H23N3O2. The molecule has 0 bridgehead atoms. The molecule has 0 aromatic carbocycles. The van der Waals surface area contributed by atoms with Gasteiger partial charge in [-0.2, -0.15) is 0 Å². The largest absolute Gasteiger partial charge is 0.481 e. The van der Waals surface area contributed by atoms with Crippen LogP contribution in [0.15, 0.2) is 12.4 Å². The Balaban J connectivity index is 2.01. The van der Waals surface area contributed by atoms with Crippen LogP contribution in [0.4, 0.5) is 0 Å². The first-order valence-electron chi connectivity index (χ1n) is 6.48. The molecule has 0 fully saturated rings. The molecule has 0 spiro atoms. The van der Waals surface area contributed by atoms with Crippen LogP contribution in [0.1, 0.15) is 32.0 Å². The number of carboxylic acid groups (broad SMARTS) is 1. The quantitative estimate of drug-likeness (QED) is 0.654. The summed E-state index contributed by atoms with van der Waals surface area (Å²) in [6.07, 6.45) is 6.73. The van der Waals surface area contributed by atoms with Gasteiger partial charge in [0.25, 0.3) is 0 Å². The summed E-state index contributed by atoms with van der Waals surface area (Å²) >= 11 is 0. The average Bonchev–Trinajstić information content (AvgIpc) is 2.72. The zero-order valence-corrected chi connectivity index (χ0v) is 11.2. The first-order chi connectivity index (χ1) is 8.59. The van der Waals surface area contributed by atoms with Crippen molar-refractivity contribution >= 4 is 5.97 Å². The van der Waals surface area contributed by atoms with Crippen LogP contribution >= 0.6 is 0 Å². The second-order valence-corrected chi connectivity index (χ2v) is 4.78. The minimum atomic E-state index is -0.704. The summed E-state index contributed by atoms with van der Waals surface area (Å²) in [5.74, 6) is 0.841. The minimum absolute atomic E-state index is 0.272. The fourth-order valence-electron chi connectivity index (χ4n) is 1.83. The Labute approximate surface area is 108 Å². The second-order valence-electron chi connectivity index (χ2n) is 4.78. The zero-order chi connectivity index (χ0) is 13.4. The molecule has 1 unspecified atom stereocenters. The number of carbonyl (C=O) groups is 1. The molecule has 1 heterocycles. The summed E-state index contributed by atoms with van der Waals surface area (Å²) in [7, 11) is 2.00. The number of hydrogen-bond acceptors (Lipinski definition) is 3. The van der Waals surface area contributed by atoms with Gasteiger partial charge in [-0.15, -0.1) is 0 Å². The molecule has 0 aliphatic rings. The van der Waals surface area contributed by atoms with Crippen LogP contribution in [0, 0.1) is 5.92 Å². The predicted octanol–water partition coefficient (Wildman–Crippen LogP) is 1.44. The monoisotopic (exact) mass is 253 g/mol. The number of imidazole rings is 1. The van der Waals surface area contributed by atoms with Gasteiger partial charge in [-0.1, -0.05) is 6.92 Å². The van der Waals surface area contributed by atoms with Gasteiger partial charge in [-0.05, 0) is 25.3 Å². The summed E-state index contributed by atoms with van der Waals surface area (Å²) in [5.41, 5.74) is 0. The van der Waals surface area contributed by atoms with E-state index in [2.05, 4.69) is 17.2 Å². The molecule has 0 amide bonds. The van der Waals surface area contributed by atoms with E-state index in [0.29, 0.717) is 5.92 Å². The SMILES string of the molecule is CC(CCNCCc1nccn1C)CCC(=O)O. The van der Waals surface area contributed by atoms with E-state index in [-0.39, 0.29) is 6.42 Å². The molecule has 1 atom stereocenters. The standard InChI is InChI=1S/C13H23N3O2/c1-11(3-4-13(17)18)5-7-14-8-6-12-15-9-10-16(12)2/h9-11,14H,3-8H2,1-2H3,(H,17,18). The van der Waals surface area contributed by atoms with Gasteiger partial charge in [-0.25, -0.2) is 4.98 Å². The number of rotatable bonds is 9. The number of aliphatic carboxylic acids is 1. The Morgan fingerprint density at radius 2 is 2.28 bits per heavy atom. The van der Waals surface area contributed by atoms with Crippen LogP contribution in [0.3, 0.4) is 0 Å². The number of aryl methyl sites for hydroxylation is 1. The van der Waals surface area contributed by atoms with Crippen molar-refractivity contribution in [1.82, 2.24) is 14.9 Å². The number of carboxylic acids is 1. The molecule has 1 aromatic rings. The lowest BCUT2D eigenvalue weighted by Gasteiger charge is -2.10. The van der Waals surface area contributed by atoms with Gasteiger partial charge in [0.15, 0.2) is 0 Å². The van der Waals surface area contributed by atoms with Crippen LogP contribution in [0.2, 0.25) is 0 Å². The molecule has 102 valence electrons. The first kappa shape index (κ1) is 14.7. The van der Waals surface area contributed by atoms with Gasteiger partial charge in [0.05, 0.1) is 0 Å². The number of hydrogen-bond donors (Lipinski definition) is 2. The highest BCUT2D eigenvalue weighted by molar-refractivity contribution is 5.66. The Morgan fingerprint density at radius 3 is 2.89 bits per heavy atom. The van der Waals surface area contributed by atoms with E-state index in [4.69, 9.17) is 5.11 Å². The minimum Gasteiger partial charge on any atom is -0.481 e. The van der Waals surface area contributed by atoms with Crippen molar-refractivity contribution in [2.24, 2.45) is 13.0 Å². The number of aromatic nitrogens is 2. The second kappa shape index (κ2) is 7.87. The lowest BCUT2D eigenvalue weighted by molar-refractivity contribution is -0.137. The molecule has 1 aromatic heterocycles. The maximum Gasteiger partial charge on any atom is 0.303 e. The molecule has 0 radical (unpaired) electrons. The summed E-state index contributed by atoms with van der Waals surface area (Å²) in [6, 6.07) is 0. The van der Waals surface area contributed by atoms with Crippen molar-refractivity contribution in [2.45, 2.75) is 32.6 Å². The van der Waals surface area contributed by atoms with Crippen LogP contribution in [-0.2, 0) is 18.3 Å². The molecule has 0 aliphatic heterocycles. The summed E-state index contributed by atoms with van der Waals surface area (Å²) in [4.78, 5) is 14.7. The molecule has 0 aliphatic carbocycles. The van der Waals surface area contributed by atoms with Crippen LogP contribution in [0.25, 0.3) is 0 Å². The molecule has 0 saturated heterocycles. The van der Waals surface area contributed by atoms with E-state index >= 15 is 0 Å². The Kier molecular flexibility index (Phi) is 6.43. The highest BCUT2D eigenvalue weighted by atomic mass is 16.4. The fraction of sp³-hybridized carbons (Fsp3) is 0.692. The zero-order valence-electron chi connectivity index (χ0n) is 11.2. The van der Waals surface area contributed by atoms with E-state index in [0.717, 1.165) is 38.2 Å². The van der Waals surface area contributed by atoms with Crippen molar-refractivity contribution in [1.29, 1.82) is 0 Å². The van der Waals surface area contributed by atoms with Gasteiger partial charge in [-0.3, -0.25) is 4.79 Å². The lowest BCUT2D eigenvalue weighted by Crippen LogP contribution is -2.21. The summed E-state index contributed by atoms with van der Waals surface area (Å²) in [6.45, 7) is 3.95. The third kappa shape index (κ3) is 5.82. The lowest BCUT2D eigenvalue weighted by atomic mass is 10.0. The number of nitrogens with zero attached hydrogens (tertiary/aromatic N) is 2. The van der Waals surface area contributed by atoms with Crippen LogP contribution in [0.5, 0.6) is 0 Å². The molecule has 2 N–H and O–H groups in total. The first-order valence-corrected chi connectivity index (χ1v) is 6.48. The maximum absolute atomic E-state index is 10.4. The topological polar surface area (TPSA) is 67.2 Å². The van der Waals surface area contributed by atoms with Gasteiger partial charge >= 0.3 is 5.97 Å². The van der Waals surface area contributed by atoms with Gasteiger partial charge in [0, 0.05) is 38.8 Å².